The van der Waals surface area contributed by atoms with Gasteiger partial charge in [-0.2, -0.15) is 0 Å². The Balaban J connectivity index is 3.82. The number of alkyl carbamates (subject to hydrolysis) is 1. The van der Waals surface area contributed by atoms with Crippen LogP contribution in [0.25, 0.3) is 0 Å². The Kier molecular flexibility index (Phi) is 10.7. The smallest absolute Gasteiger partial charge is 0.408 e. The molecule has 0 aliphatic heterocycles. The first-order chi connectivity index (χ1) is 11.7. The molecule has 0 aliphatic rings. The van der Waals surface area contributed by atoms with Crippen molar-refractivity contribution >= 4 is 35.6 Å². The fourth-order valence-electron chi connectivity index (χ4n) is 1.17. The van der Waals surface area contributed by atoms with Gasteiger partial charge in [0, 0.05) is 13.8 Å². The van der Waals surface area contributed by atoms with Crippen LogP contribution in [0.15, 0.2) is 0 Å². The molecule has 140 valence electrons. The first kappa shape index (κ1) is 21.8. The number of esters is 1. The van der Waals surface area contributed by atoms with Crippen LogP contribution in [-0.4, -0.2) is 62.1 Å². The van der Waals surface area contributed by atoms with Crippen molar-refractivity contribution in [1.29, 1.82) is 0 Å². The van der Waals surface area contributed by atoms with Crippen LogP contribution < -0.4 is 21.3 Å². The Morgan fingerprint density at radius 1 is 0.720 bits per heavy atom. The minimum absolute atomic E-state index is 0.119. The van der Waals surface area contributed by atoms with Crippen molar-refractivity contribution in [1.82, 2.24) is 21.3 Å². The van der Waals surface area contributed by atoms with Crippen LogP contribution in [0.4, 0.5) is 4.79 Å². The third kappa shape index (κ3) is 14.2. The lowest BCUT2D eigenvalue weighted by Gasteiger charge is -2.08. The summed E-state index contributed by atoms with van der Waals surface area (Å²) in [5, 5.41) is 8.97. The third-order valence-corrected chi connectivity index (χ3v) is 2.26. The maximum Gasteiger partial charge on any atom is 0.408 e. The van der Waals surface area contributed by atoms with Crippen molar-refractivity contribution < 1.29 is 38.2 Å². The van der Waals surface area contributed by atoms with Crippen LogP contribution in [0.1, 0.15) is 20.3 Å². The van der Waals surface area contributed by atoms with Crippen molar-refractivity contribution in [3.63, 3.8) is 0 Å². The molecule has 4 amide bonds. The van der Waals surface area contributed by atoms with Crippen molar-refractivity contribution in [2.24, 2.45) is 0 Å². The number of hydrogen-bond donors (Lipinski definition) is 4. The van der Waals surface area contributed by atoms with Gasteiger partial charge in [0.2, 0.25) is 11.8 Å². The lowest BCUT2D eigenvalue weighted by Crippen LogP contribution is -2.38. The number of ether oxygens (including phenoxy) is 2. The summed E-state index contributed by atoms with van der Waals surface area (Å²) in [6, 6.07) is 0. The summed E-state index contributed by atoms with van der Waals surface area (Å²) >= 11 is 0. The van der Waals surface area contributed by atoms with Gasteiger partial charge in [-0.1, -0.05) is 0 Å². The Morgan fingerprint density at radius 2 is 1.28 bits per heavy atom. The Morgan fingerprint density at radius 3 is 1.84 bits per heavy atom. The highest BCUT2D eigenvalue weighted by Crippen LogP contribution is 1.91. The van der Waals surface area contributed by atoms with Crippen molar-refractivity contribution in [2.45, 2.75) is 20.3 Å². The van der Waals surface area contributed by atoms with Gasteiger partial charge in [0.1, 0.15) is 6.42 Å². The van der Waals surface area contributed by atoms with Crippen LogP contribution >= 0.6 is 0 Å². The molecule has 0 bridgehead atoms. The molecule has 12 heteroatoms. The van der Waals surface area contributed by atoms with Crippen LogP contribution in [0, 0.1) is 0 Å². The third-order valence-electron chi connectivity index (χ3n) is 2.26. The molecule has 0 atom stereocenters. The van der Waals surface area contributed by atoms with Crippen molar-refractivity contribution in [3.05, 3.63) is 0 Å². The summed E-state index contributed by atoms with van der Waals surface area (Å²) in [6.07, 6.45) is -1.63. The molecular formula is C13H20N4O8. The first-order valence-electron chi connectivity index (χ1n) is 7.04. The molecule has 0 unspecified atom stereocenters. The number of carbonyl (C=O) groups is 6. The van der Waals surface area contributed by atoms with Gasteiger partial charge in [0.15, 0.2) is 19.0 Å². The largest absolute Gasteiger partial charge is 0.455 e. The molecular weight excluding hydrogens is 340 g/mol. The fourth-order valence-corrected chi connectivity index (χ4v) is 1.17. The quantitative estimate of drug-likeness (QED) is 0.188. The van der Waals surface area contributed by atoms with Crippen LogP contribution in [-0.2, 0) is 33.4 Å². The SMILES string of the molecule is CC(=O)NCNC(=O)COC(=O)CC(=O)COC(=O)NCNC(C)=O. The van der Waals surface area contributed by atoms with Gasteiger partial charge >= 0.3 is 12.1 Å². The van der Waals surface area contributed by atoms with E-state index in [1.165, 1.54) is 13.8 Å². The summed E-state index contributed by atoms with van der Waals surface area (Å²) < 4.78 is 9.05. The second kappa shape index (κ2) is 12.3. The van der Waals surface area contributed by atoms with Crippen molar-refractivity contribution in [3.8, 4) is 0 Å². The summed E-state index contributed by atoms with van der Waals surface area (Å²) in [7, 11) is 0. The van der Waals surface area contributed by atoms with Gasteiger partial charge in [0.05, 0.1) is 13.3 Å². The standard InChI is InChI=1S/C13H20N4O8/c1-8(18)14-6-16-11(21)5-24-12(22)3-10(20)4-25-13(23)17-7-15-9(2)19/h3-7H2,1-2H3,(H,14,18)(H,15,19)(H,16,21)(H,17,23). The number of nitrogens with one attached hydrogen (secondary N) is 4. The minimum atomic E-state index is -0.970. The topological polar surface area (TPSA) is 169 Å². The van der Waals surface area contributed by atoms with Gasteiger partial charge in [-0.3, -0.25) is 24.0 Å². The molecule has 0 rings (SSSR count). The molecule has 0 saturated heterocycles. The van der Waals surface area contributed by atoms with Gasteiger partial charge in [-0.15, -0.1) is 0 Å². The van der Waals surface area contributed by atoms with Crippen LogP contribution in [0.2, 0.25) is 0 Å². The van der Waals surface area contributed by atoms with Gasteiger partial charge < -0.3 is 30.7 Å². The first-order valence-corrected chi connectivity index (χ1v) is 7.04. The second-order valence-corrected chi connectivity index (χ2v) is 4.55. The lowest BCUT2D eigenvalue weighted by atomic mass is 10.3. The molecule has 25 heavy (non-hydrogen) atoms. The molecule has 0 fully saturated rings. The summed E-state index contributed by atoms with van der Waals surface area (Å²) in [5.74, 6) is -3.08. The number of ketones is 1. The average Bonchev–Trinajstić information content (AvgIpc) is 2.50. The predicted molar refractivity (Wildman–Crippen MR) is 80.6 cm³/mol. The van der Waals surface area contributed by atoms with E-state index >= 15 is 0 Å². The lowest BCUT2D eigenvalue weighted by molar-refractivity contribution is -0.150. The molecule has 0 aromatic heterocycles. The van der Waals surface area contributed by atoms with E-state index in [0.717, 1.165) is 0 Å². The normalized spacial score (nSPS) is 9.36. The van der Waals surface area contributed by atoms with Crippen LogP contribution in [0.3, 0.4) is 0 Å². The van der Waals surface area contributed by atoms with E-state index in [1.807, 2.05) is 0 Å². The van der Waals surface area contributed by atoms with Crippen LogP contribution in [0.5, 0.6) is 0 Å². The Labute approximate surface area is 143 Å². The number of carbonyl (C=O) groups excluding carboxylic acids is 6. The predicted octanol–water partition coefficient (Wildman–Crippen LogP) is -2.48. The molecule has 12 nitrogen and oxygen atoms in total. The molecule has 0 aromatic carbocycles. The molecule has 0 spiro atoms. The number of Topliss-reactive ketones (excluding diaryl/α,β-unsaturated/α-hetero) is 1. The zero-order valence-corrected chi connectivity index (χ0v) is 13.8. The van der Waals surface area contributed by atoms with Gasteiger partial charge in [0.25, 0.3) is 5.91 Å². The average molecular weight is 360 g/mol. The number of hydrogen-bond acceptors (Lipinski definition) is 8. The van der Waals surface area contributed by atoms with E-state index in [-0.39, 0.29) is 25.2 Å². The molecule has 4 N–H and O–H groups in total. The molecule has 0 saturated carbocycles. The zero-order valence-electron chi connectivity index (χ0n) is 13.8. The summed E-state index contributed by atoms with van der Waals surface area (Å²) in [6.45, 7) is 0.936. The van der Waals surface area contributed by atoms with E-state index in [2.05, 4.69) is 30.7 Å². The highest BCUT2D eigenvalue weighted by molar-refractivity contribution is 5.97. The van der Waals surface area contributed by atoms with Crippen molar-refractivity contribution in [2.75, 3.05) is 26.6 Å². The van der Waals surface area contributed by atoms with E-state index in [1.54, 1.807) is 0 Å². The van der Waals surface area contributed by atoms with Gasteiger partial charge in [-0.25, -0.2) is 4.79 Å². The maximum atomic E-state index is 11.4. The number of amides is 4. The highest BCUT2D eigenvalue weighted by Gasteiger charge is 2.14. The Bertz CT molecular complexity index is 488. The highest BCUT2D eigenvalue weighted by atomic mass is 16.6. The van der Waals surface area contributed by atoms with E-state index in [4.69, 9.17) is 0 Å². The Hall–Kier alpha value is -3.18. The monoisotopic (exact) mass is 360 g/mol. The second-order valence-electron chi connectivity index (χ2n) is 4.55. The van der Waals surface area contributed by atoms with E-state index < -0.39 is 43.4 Å². The van der Waals surface area contributed by atoms with E-state index in [9.17, 15) is 28.8 Å². The molecule has 0 aromatic rings. The van der Waals surface area contributed by atoms with Gasteiger partial charge in [-0.05, 0) is 0 Å². The summed E-state index contributed by atoms with van der Waals surface area (Å²) in [5.41, 5.74) is 0. The van der Waals surface area contributed by atoms with E-state index in [0.29, 0.717) is 0 Å². The minimum Gasteiger partial charge on any atom is -0.455 e. The zero-order chi connectivity index (χ0) is 19.2. The molecule has 0 heterocycles. The molecule has 0 radical (unpaired) electrons. The summed E-state index contributed by atoms with van der Waals surface area (Å²) in [4.78, 5) is 66.3. The number of rotatable bonds is 10. The molecule has 0 aliphatic carbocycles. The maximum absolute atomic E-state index is 11.4. The fraction of sp³-hybridized carbons (Fsp3) is 0.538.